The first-order valence-electron chi connectivity index (χ1n) is 7.13. The van der Waals surface area contributed by atoms with Crippen molar-refractivity contribution in [2.75, 3.05) is 45.6 Å². The van der Waals surface area contributed by atoms with Crippen molar-refractivity contribution in [1.29, 1.82) is 0 Å². The van der Waals surface area contributed by atoms with E-state index in [4.69, 9.17) is 4.74 Å². The highest BCUT2D eigenvalue weighted by Crippen LogP contribution is 2.16. The molecule has 0 saturated carbocycles. The molecule has 1 aliphatic heterocycles. The summed E-state index contributed by atoms with van der Waals surface area (Å²) in [5, 5.41) is 3.27. The highest BCUT2D eigenvalue weighted by Gasteiger charge is 2.27. The Morgan fingerprint density at radius 2 is 2.16 bits per heavy atom. The van der Waals surface area contributed by atoms with Gasteiger partial charge in [0.25, 0.3) is 0 Å². The van der Waals surface area contributed by atoms with Crippen LogP contribution in [0, 0.1) is 11.8 Å². The van der Waals surface area contributed by atoms with Gasteiger partial charge in [-0.15, -0.1) is 0 Å². The van der Waals surface area contributed by atoms with Crippen molar-refractivity contribution < 1.29 is 13.2 Å². The fraction of sp³-hybridized carbons (Fsp3) is 1.00. The van der Waals surface area contributed by atoms with E-state index in [1.165, 1.54) is 0 Å². The van der Waals surface area contributed by atoms with E-state index in [0.717, 1.165) is 25.9 Å². The Kier molecular flexibility index (Phi) is 7.28. The third-order valence-corrected chi connectivity index (χ3v) is 5.36. The summed E-state index contributed by atoms with van der Waals surface area (Å²) in [6.45, 7) is 7.39. The first-order valence-corrected chi connectivity index (χ1v) is 8.74. The molecule has 114 valence electrons. The zero-order valence-corrected chi connectivity index (χ0v) is 13.2. The molecule has 1 atom stereocenters. The van der Waals surface area contributed by atoms with Crippen LogP contribution in [-0.2, 0) is 14.8 Å². The lowest BCUT2D eigenvalue weighted by atomic mass is 10.0. The topological polar surface area (TPSA) is 58.6 Å². The molecule has 19 heavy (non-hydrogen) atoms. The minimum atomic E-state index is -3.18. The van der Waals surface area contributed by atoms with E-state index in [0.29, 0.717) is 25.6 Å². The van der Waals surface area contributed by atoms with E-state index in [1.54, 1.807) is 11.4 Å². The molecule has 6 heteroatoms. The van der Waals surface area contributed by atoms with Gasteiger partial charge in [0, 0.05) is 20.2 Å². The zero-order chi connectivity index (χ0) is 14.3. The lowest BCUT2D eigenvalue weighted by Gasteiger charge is -2.28. The number of methoxy groups -OCH3 is 1. The van der Waals surface area contributed by atoms with Gasteiger partial charge in [-0.1, -0.05) is 13.8 Å². The normalized spacial score (nSPS) is 21.2. The summed E-state index contributed by atoms with van der Waals surface area (Å²) >= 11 is 0. The summed E-state index contributed by atoms with van der Waals surface area (Å²) in [6.07, 6.45) is 2.08. The van der Waals surface area contributed by atoms with E-state index in [9.17, 15) is 8.42 Å². The molecule has 1 aliphatic rings. The maximum absolute atomic E-state index is 12.5. The summed E-state index contributed by atoms with van der Waals surface area (Å²) in [6, 6.07) is 0. The van der Waals surface area contributed by atoms with Crippen LogP contribution in [0.5, 0.6) is 0 Å². The Morgan fingerprint density at radius 3 is 2.68 bits per heavy atom. The van der Waals surface area contributed by atoms with Crippen LogP contribution in [0.2, 0.25) is 0 Å². The highest BCUT2D eigenvalue weighted by atomic mass is 32.2. The maximum atomic E-state index is 12.5. The smallest absolute Gasteiger partial charge is 0.214 e. The van der Waals surface area contributed by atoms with Crippen molar-refractivity contribution >= 4 is 10.0 Å². The molecule has 0 aromatic rings. The molecule has 1 fully saturated rings. The monoisotopic (exact) mass is 292 g/mol. The molecule has 1 rings (SSSR count). The standard InChI is InChI=1S/C13H28N2O3S/c1-12(2)10-15(7-8-18-3)19(16,17)11-13-5-4-6-14-9-13/h12-14H,4-11H2,1-3H3. The summed E-state index contributed by atoms with van der Waals surface area (Å²) in [7, 11) is -1.57. The number of nitrogens with zero attached hydrogens (tertiary/aromatic N) is 1. The van der Waals surface area contributed by atoms with Crippen LogP contribution in [0.4, 0.5) is 0 Å². The number of rotatable bonds is 8. The number of sulfonamides is 1. The third kappa shape index (κ3) is 6.21. The van der Waals surface area contributed by atoms with Gasteiger partial charge in [-0.2, -0.15) is 4.31 Å². The Morgan fingerprint density at radius 1 is 1.42 bits per heavy atom. The fourth-order valence-corrected chi connectivity index (χ4v) is 4.38. The molecule has 1 saturated heterocycles. The molecule has 1 N–H and O–H groups in total. The van der Waals surface area contributed by atoms with Gasteiger partial charge in [-0.05, 0) is 37.8 Å². The summed E-state index contributed by atoms with van der Waals surface area (Å²) < 4.78 is 31.6. The van der Waals surface area contributed by atoms with Crippen molar-refractivity contribution in [2.45, 2.75) is 26.7 Å². The lowest BCUT2D eigenvalue weighted by Crippen LogP contribution is -2.42. The molecular formula is C13H28N2O3S. The highest BCUT2D eigenvalue weighted by molar-refractivity contribution is 7.89. The van der Waals surface area contributed by atoms with Gasteiger partial charge in [-0.3, -0.25) is 0 Å². The van der Waals surface area contributed by atoms with Gasteiger partial charge >= 0.3 is 0 Å². The van der Waals surface area contributed by atoms with Crippen molar-refractivity contribution in [1.82, 2.24) is 9.62 Å². The van der Waals surface area contributed by atoms with E-state index < -0.39 is 10.0 Å². The number of hydrogen-bond acceptors (Lipinski definition) is 4. The van der Waals surface area contributed by atoms with Crippen LogP contribution in [-0.4, -0.2) is 58.4 Å². The summed E-state index contributed by atoms with van der Waals surface area (Å²) in [4.78, 5) is 0. The molecule has 1 heterocycles. The fourth-order valence-electron chi connectivity index (χ4n) is 2.41. The molecule has 0 aromatic heterocycles. The SMILES string of the molecule is COCCN(CC(C)C)S(=O)(=O)CC1CCCNC1. The molecule has 0 amide bonds. The van der Waals surface area contributed by atoms with Gasteiger partial charge in [0.2, 0.25) is 10.0 Å². The summed E-state index contributed by atoms with van der Waals surface area (Å²) in [5.41, 5.74) is 0. The van der Waals surface area contributed by atoms with Crippen LogP contribution in [0.1, 0.15) is 26.7 Å². The third-order valence-electron chi connectivity index (χ3n) is 3.35. The molecular weight excluding hydrogens is 264 g/mol. The average molecular weight is 292 g/mol. The van der Waals surface area contributed by atoms with Crippen molar-refractivity contribution in [3.05, 3.63) is 0 Å². The Labute approximate surface area is 117 Å². The van der Waals surface area contributed by atoms with Gasteiger partial charge in [0.15, 0.2) is 0 Å². The predicted octanol–water partition coefficient (Wildman–Crippen LogP) is 0.920. The van der Waals surface area contributed by atoms with Crippen LogP contribution in [0.3, 0.4) is 0 Å². The number of ether oxygens (including phenoxy) is 1. The Balaban J connectivity index is 2.61. The van der Waals surface area contributed by atoms with E-state index >= 15 is 0 Å². The molecule has 1 unspecified atom stereocenters. The van der Waals surface area contributed by atoms with Crippen LogP contribution in [0.15, 0.2) is 0 Å². The van der Waals surface area contributed by atoms with Crippen LogP contribution >= 0.6 is 0 Å². The second-order valence-electron chi connectivity index (χ2n) is 5.74. The minimum absolute atomic E-state index is 0.246. The second kappa shape index (κ2) is 8.19. The zero-order valence-electron chi connectivity index (χ0n) is 12.4. The molecule has 0 aliphatic carbocycles. The van der Waals surface area contributed by atoms with E-state index in [-0.39, 0.29) is 11.7 Å². The van der Waals surface area contributed by atoms with Gasteiger partial charge in [-0.25, -0.2) is 8.42 Å². The van der Waals surface area contributed by atoms with Crippen molar-refractivity contribution in [3.8, 4) is 0 Å². The molecule has 0 spiro atoms. The molecule has 5 nitrogen and oxygen atoms in total. The number of piperidine rings is 1. The number of nitrogens with one attached hydrogen (secondary N) is 1. The van der Waals surface area contributed by atoms with Crippen LogP contribution in [0.25, 0.3) is 0 Å². The minimum Gasteiger partial charge on any atom is -0.383 e. The molecule has 0 radical (unpaired) electrons. The van der Waals surface area contributed by atoms with Crippen LogP contribution < -0.4 is 5.32 Å². The average Bonchev–Trinajstić information content (AvgIpc) is 2.34. The predicted molar refractivity (Wildman–Crippen MR) is 77.7 cm³/mol. The van der Waals surface area contributed by atoms with Gasteiger partial charge in [0.05, 0.1) is 12.4 Å². The maximum Gasteiger partial charge on any atom is 0.214 e. The first-order chi connectivity index (χ1) is 8.95. The quantitative estimate of drug-likeness (QED) is 0.723. The van der Waals surface area contributed by atoms with E-state index in [2.05, 4.69) is 5.32 Å². The van der Waals surface area contributed by atoms with Crippen molar-refractivity contribution in [2.24, 2.45) is 11.8 Å². The van der Waals surface area contributed by atoms with Gasteiger partial charge < -0.3 is 10.1 Å². The summed E-state index contributed by atoms with van der Waals surface area (Å²) in [5.74, 6) is 0.836. The largest absolute Gasteiger partial charge is 0.383 e. The number of hydrogen-bond donors (Lipinski definition) is 1. The molecule has 0 aromatic carbocycles. The molecule has 0 bridgehead atoms. The van der Waals surface area contributed by atoms with Gasteiger partial charge in [0.1, 0.15) is 0 Å². The van der Waals surface area contributed by atoms with Crippen molar-refractivity contribution in [3.63, 3.8) is 0 Å². The first kappa shape index (κ1) is 16.9. The Hall–Kier alpha value is -0.170. The lowest BCUT2D eigenvalue weighted by molar-refractivity contribution is 0.175. The Bertz CT molecular complexity index is 338. The second-order valence-corrected chi connectivity index (χ2v) is 7.75. The van der Waals surface area contributed by atoms with E-state index in [1.807, 2.05) is 13.8 Å².